The first-order valence-electron chi connectivity index (χ1n) is 7.32. The summed E-state index contributed by atoms with van der Waals surface area (Å²) in [6, 6.07) is 2.05. The van der Waals surface area contributed by atoms with Gasteiger partial charge in [-0.05, 0) is 26.2 Å². The van der Waals surface area contributed by atoms with Crippen molar-refractivity contribution in [2.24, 2.45) is 5.41 Å². The molecule has 1 aromatic heterocycles. The van der Waals surface area contributed by atoms with E-state index in [4.69, 9.17) is 11.6 Å². The molecule has 1 saturated carbocycles. The average molecular weight is 282 g/mol. The standard InChI is InChI=1S/C15H24ClN3/c1-3-13-9-14(19-12(2)18-13)17-11-15(10-16)7-5-4-6-8-15/h9H,3-8,10-11H2,1-2H3,(H,17,18,19). The minimum Gasteiger partial charge on any atom is -0.369 e. The lowest BCUT2D eigenvalue weighted by atomic mass is 9.75. The molecule has 0 saturated heterocycles. The van der Waals surface area contributed by atoms with Gasteiger partial charge in [0.15, 0.2) is 0 Å². The summed E-state index contributed by atoms with van der Waals surface area (Å²) in [6.07, 6.45) is 7.36. The summed E-state index contributed by atoms with van der Waals surface area (Å²) in [5.41, 5.74) is 1.35. The maximum absolute atomic E-state index is 6.22. The lowest BCUT2D eigenvalue weighted by Gasteiger charge is -2.35. The van der Waals surface area contributed by atoms with Crippen molar-refractivity contribution in [2.45, 2.75) is 52.4 Å². The van der Waals surface area contributed by atoms with Crippen LogP contribution in [0, 0.1) is 12.3 Å². The molecule has 0 atom stereocenters. The van der Waals surface area contributed by atoms with E-state index in [2.05, 4.69) is 28.3 Å². The van der Waals surface area contributed by atoms with Gasteiger partial charge in [-0.1, -0.05) is 26.2 Å². The van der Waals surface area contributed by atoms with E-state index in [-0.39, 0.29) is 5.41 Å². The molecule has 1 fully saturated rings. The van der Waals surface area contributed by atoms with Crippen molar-refractivity contribution in [3.05, 3.63) is 17.6 Å². The molecule has 19 heavy (non-hydrogen) atoms. The van der Waals surface area contributed by atoms with Crippen LogP contribution in [0.5, 0.6) is 0 Å². The number of nitrogens with zero attached hydrogens (tertiary/aromatic N) is 2. The fourth-order valence-corrected chi connectivity index (χ4v) is 3.20. The van der Waals surface area contributed by atoms with E-state index in [0.29, 0.717) is 0 Å². The van der Waals surface area contributed by atoms with E-state index < -0.39 is 0 Å². The predicted octanol–water partition coefficient (Wildman–Crippen LogP) is 3.95. The van der Waals surface area contributed by atoms with Gasteiger partial charge in [-0.3, -0.25) is 0 Å². The smallest absolute Gasteiger partial charge is 0.129 e. The highest BCUT2D eigenvalue weighted by Gasteiger charge is 2.31. The number of halogens is 1. The van der Waals surface area contributed by atoms with Gasteiger partial charge in [0, 0.05) is 29.6 Å². The number of anilines is 1. The van der Waals surface area contributed by atoms with Crippen LogP contribution in [0.1, 0.15) is 50.5 Å². The highest BCUT2D eigenvalue weighted by Crippen LogP contribution is 2.37. The Labute approximate surface area is 121 Å². The number of hydrogen-bond acceptors (Lipinski definition) is 3. The van der Waals surface area contributed by atoms with Crippen LogP contribution in [0.2, 0.25) is 0 Å². The van der Waals surface area contributed by atoms with Crippen LogP contribution in [0.4, 0.5) is 5.82 Å². The van der Waals surface area contributed by atoms with Crippen LogP contribution < -0.4 is 5.32 Å². The topological polar surface area (TPSA) is 37.8 Å². The quantitative estimate of drug-likeness (QED) is 0.831. The molecule has 3 nitrogen and oxygen atoms in total. The summed E-state index contributed by atoms with van der Waals surface area (Å²) < 4.78 is 0. The van der Waals surface area contributed by atoms with Gasteiger partial charge in [-0.25, -0.2) is 9.97 Å². The summed E-state index contributed by atoms with van der Waals surface area (Å²) in [7, 11) is 0. The van der Waals surface area contributed by atoms with Gasteiger partial charge in [0.05, 0.1) is 0 Å². The summed E-state index contributed by atoms with van der Waals surface area (Å²) in [6.45, 7) is 4.99. The van der Waals surface area contributed by atoms with Gasteiger partial charge in [-0.2, -0.15) is 0 Å². The Morgan fingerprint density at radius 2 is 2.00 bits per heavy atom. The zero-order chi connectivity index (χ0) is 13.7. The third-order valence-electron chi connectivity index (χ3n) is 4.10. The number of aromatic nitrogens is 2. The van der Waals surface area contributed by atoms with E-state index in [1.165, 1.54) is 32.1 Å². The molecule has 106 valence electrons. The third-order valence-corrected chi connectivity index (χ3v) is 4.66. The zero-order valence-electron chi connectivity index (χ0n) is 12.0. The Morgan fingerprint density at radius 1 is 1.26 bits per heavy atom. The lowest BCUT2D eigenvalue weighted by molar-refractivity contribution is 0.238. The average Bonchev–Trinajstić information content (AvgIpc) is 2.45. The Morgan fingerprint density at radius 3 is 2.63 bits per heavy atom. The van der Waals surface area contributed by atoms with E-state index in [1.54, 1.807) is 0 Å². The maximum atomic E-state index is 6.22. The van der Waals surface area contributed by atoms with Crippen molar-refractivity contribution in [1.82, 2.24) is 9.97 Å². The molecule has 1 aliphatic carbocycles. The Bertz CT molecular complexity index is 414. The molecule has 0 radical (unpaired) electrons. The molecule has 0 aromatic carbocycles. The molecule has 1 N–H and O–H groups in total. The molecule has 1 heterocycles. The zero-order valence-corrected chi connectivity index (χ0v) is 12.8. The predicted molar refractivity (Wildman–Crippen MR) is 80.9 cm³/mol. The molecule has 1 aliphatic rings. The molecule has 4 heteroatoms. The molecule has 0 spiro atoms. The summed E-state index contributed by atoms with van der Waals surface area (Å²) in [4.78, 5) is 8.87. The van der Waals surface area contributed by atoms with Gasteiger partial charge in [0.25, 0.3) is 0 Å². The number of alkyl halides is 1. The Kier molecular flexibility index (Phi) is 5.03. The largest absolute Gasteiger partial charge is 0.369 e. The lowest BCUT2D eigenvalue weighted by Crippen LogP contribution is -2.34. The van der Waals surface area contributed by atoms with Crippen LogP contribution in [0.3, 0.4) is 0 Å². The summed E-state index contributed by atoms with van der Waals surface area (Å²) >= 11 is 6.22. The number of rotatable bonds is 5. The summed E-state index contributed by atoms with van der Waals surface area (Å²) in [5.74, 6) is 2.52. The molecule has 0 unspecified atom stereocenters. The summed E-state index contributed by atoms with van der Waals surface area (Å²) in [5, 5.41) is 3.49. The first kappa shape index (κ1) is 14.6. The fourth-order valence-electron chi connectivity index (χ4n) is 2.84. The number of aryl methyl sites for hydroxylation is 2. The SMILES string of the molecule is CCc1cc(NCC2(CCl)CCCCC2)nc(C)n1. The first-order chi connectivity index (χ1) is 9.17. The third kappa shape index (κ3) is 3.82. The van der Waals surface area contributed by atoms with Crippen molar-refractivity contribution in [2.75, 3.05) is 17.7 Å². The molecule has 0 amide bonds. The fraction of sp³-hybridized carbons (Fsp3) is 0.733. The van der Waals surface area contributed by atoms with Crippen LogP contribution in [-0.4, -0.2) is 22.4 Å². The maximum Gasteiger partial charge on any atom is 0.129 e. The van der Waals surface area contributed by atoms with Gasteiger partial charge >= 0.3 is 0 Å². The van der Waals surface area contributed by atoms with Crippen LogP contribution in [0.15, 0.2) is 6.07 Å². The molecule has 0 bridgehead atoms. The van der Waals surface area contributed by atoms with Gasteiger partial charge in [-0.15, -0.1) is 11.6 Å². The van der Waals surface area contributed by atoms with Crippen molar-refractivity contribution in [3.63, 3.8) is 0 Å². The molecule has 1 aromatic rings. The van der Waals surface area contributed by atoms with E-state index >= 15 is 0 Å². The monoisotopic (exact) mass is 281 g/mol. The first-order valence-corrected chi connectivity index (χ1v) is 7.85. The van der Waals surface area contributed by atoms with Gasteiger partial charge in [0.2, 0.25) is 0 Å². The normalized spacial score (nSPS) is 18.3. The van der Waals surface area contributed by atoms with Crippen molar-refractivity contribution < 1.29 is 0 Å². The van der Waals surface area contributed by atoms with Crippen molar-refractivity contribution in [1.29, 1.82) is 0 Å². The van der Waals surface area contributed by atoms with Crippen LogP contribution in [0.25, 0.3) is 0 Å². The van der Waals surface area contributed by atoms with Gasteiger partial charge < -0.3 is 5.32 Å². The number of hydrogen-bond donors (Lipinski definition) is 1. The highest BCUT2D eigenvalue weighted by atomic mass is 35.5. The molecule has 0 aliphatic heterocycles. The second-order valence-corrected chi connectivity index (χ2v) is 5.96. The van der Waals surface area contributed by atoms with Crippen LogP contribution in [-0.2, 0) is 6.42 Å². The minimum absolute atomic E-state index is 0.255. The Hall–Kier alpha value is -0.830. The number of nitrogens with one attached hydrogen (secondary N) is 1. The van der Waals surface area contributed by atoms with E-state index in [9.17, 15) is 0 Å². The highest BCUT2D eigenvalue weighted by molar-refractivity contribution is 6.18. The second-order valence-electron chi connectivity index (χ2n) is 5.69. The molecular weight excluding hydrogens is 258 g/mol. The minimum atomic E-state index is 0.255. The Balaban J connectivity index is 2.02. The molecule has 2 rings (SSSR count). The van der Waals surface area contributed by atoms with Crippen molar-refractivity contribution in [3.8, 4) is 0 Å². The van der Waals surface area contributed by atoms with Gasteiger partial charge in [0.1, 0.15) is 11.6 Å². The van der Waals surface area contributed by atoms with E-state index in [0.717, 1.165) is 36.2 Å². The van der Waals surface area contributed by atoms with Crippen LogP contribution >= 0.6 is 11.6 Å². The second kappa shape index (κ2) is 6.56. The van der Waals surface area contributed by atoms with Crippen molar-refractivity contribution >= 4 is 17.4 Å². The van der Waals surface area contributed by atoms with E-state index in [1.807, 2.05) is 6.92 Å². The molecular formula is C15H24ClN3.